The molecule has 7 heteroatoms. The van der Waals surface area contributed by atoms with Gasteiger partial charge in [0.05, 0.1) is 4.92 Å². The number of nitro groups is 1. The van der Waals surface area contributed by atoms with Gasteiger partial charge in [-0.05, 0) is 26.2 Å². The van der Waals surface area contributed by atoms with Gasteiger partial charge in [-0.2, -0.15) is 4.98 Å². The molecular weight excluding hydrogens is 234 g/mol. The Morgan fingerprint density at radius 1 is 1.44 bits per heavy atom. The van der Waals surface area contributed by atoms with Crippen molar-refractivity contribution in [3.8, 4) is 0 Å². The minimum absolute atomic E-state index is 0.00315. The van der Waals surface area contributed by atoms with Crippen LogP contribution in [0.5, 0.6) is 0 Å². The smallest absolute Gasteiger partial charge is 0.332 e. The first-order valence-corrected chi connectivity index (χ1v) is 5.98. The topological polar surface area (TPSA) is 84.2 Å². The zero-order valence-electron chi connectivity index (χ0n) is 10.8. The van der Waals surface area contributed by atoms with Crippen LogP contribution in [0.4, 0.5) is 17.5 Å². The van der Waals surface area contributed by atoms with Crippen LogP contribution in [0, 0.1) is 17.0 Å². The molecule has 7 nitrogen and oxygen atoms in total. The van der Waals surface area contributed by atoms with Gasteiger partial charge in [0, 0.05) is 20.1 Å². The van der Waals surface area contributed by atoms with E-state index in [1.807, 2.05) is 11.9 Å². The monoisotopic (exact) mass is 251 g/mol. The van der Waals surface area contributed by atoms with Crippen LogP contribution in [0.15, 0.2) is 0 Å². The molecule has 0 amide bonds. The Morgan fingerprint density at radius 2 is 2.11 bits per heavy atom. The van der Waals surface area contributed by atoms with Gasteiger partial charge in [0.15, 0.2) is 0 Å². The predicted octanol–water partition coefficient (Wildman–Crippen LogP) is 1.72. The minimum atomic E-state index is -0.403. The molecule has 0 aliphatic heterocycles. The number of hydrogen-bond donors (Lipinski definition) is 1. The van der Waals surface area contributed by atoms with Crippen molar-refractivity contribution in [2.75, 3.05) is 24.3 Å². The standard InChI is InChI=1S/C11H17N5O2/c1-7-9(16(17)18)10(14-11(12-2)13-7)15(3)8-5-4-6-8/h8H,4-6H2,1-3H3,(H,12,13,14). The quantitative estimate of drug-likeness (QED) is 0.648. The normalized spacial score (nSPS) is 15.1. The Morgan fingerprint density at radius 3 is 2.56 bits per heavy atom. The van der Waals surface area contributed by atoms with Crippen LogP contribution < -0.4 is 10.2 Å². The third kappa shape index (κ3) is 2.07. The summed E-state index contributed by atoms with van der Waals surface area (Å²) in [5.74, 6) is 0.820. The first kappa shape index (κ1) is 12.5. The number of aromatic nitrogens is 2. The van der Waals surface area contributed by atoms with Gasteiger partial charge in [-0.15, -0.1) is 0 Å². The summed E-state index contributed by atoms with van der Waals surface area (Å²) in [6.07, 6.45) is 3.29. The Bertz CT molecular complexity index is 473. The van der Waals surface area contributed by atoms with E-state index in [0.29, 0.717) is 23.5 Å². The van der Waals surface area contributed by atoms with Crippen molar-refractivity contribution in [3.05, 3.63) is 15.8 Å². The summed E-state index contributed by atoms with van der Waals surface area (Å²) in [7, 11) is 3.56. The van der Waals surface area contributed by atoms with Crippen LogP contribution in [-0.2, 0) is 0 Å². The van der Waals surface area contributed by atoms with Crippen LogP contribution in [-0.4, -0.2) is 35.0 Å². The van der Waals surface area contributed by atoms with E-state index < -0.39 is 4.92 Å². The lowest BCUT2D eigenvalue weighted by molar-refractivity contribution is -0.385. The maximum absolute atomic E-state index is 11.2. The van der Waals surface area contributed by atoms with Gasteiger partial charge in [-0.25, -0.2) is 4.98 Å². The van der Waals surface area contributed by atoms with E-state index in [0.717, 1.165) is 12.8 Å². The molecule has 1 heterocycles. The summed E-state index contributed by atoms with van der Waals surface area (Å²) >= 11 is 0. The number of hydrogen-bond acceptors (Lipinski definition) is 6. The van der Waals surface area contributed by atoms with Crippen LogP contribution in [0.1, 0.15) is 25.0 Å². The number of aryl methyl sites for hydroxylation is 1. The second kappa shape index (κ2) is 4.75. The molecule has 0 spiro atoms. The molecule has 1 aromatic rings. The van der Waals surface area contributed by atoms with Gasteiger partial charge in [-0.3, -0.25) is 10.1 Å². The molecule has 1 fully saturated rings. The molecule has 1 aromatic heterocycles. The zero-order valence-corrected chi connectivity index (χ0v) is 10.8. The average Bonchev–Trinajstić information content (AvgIpc) is 2.24. The highest BCUT2D eigenvalue weighted by molar-refractivity contribution is 5.62. The van der Waals surface area contributed by atoms with Crippen molar-refractivity contribution in [1.29, 1.82) is 0 Å². The number of nitrogens with zero attached hydrogens (tertiary/aromatic N) is 4. The van der Waals surface area contributed by atoms with Crippen LogP contribution >= 0.6 is 0 Å². The van der Waals surface area contributed by atoms with Gasteiger partial charge in [-0.1, -0.05) is 0 Å². The zero-order chi connectivity index (χ0) is 13.3. The Hall–Kier alpha value is -1.92. The molecule has 0 aromatic carbocycles. The molecule has 2 rings (SSSR count). The van der Waals surface area contributed by atoms with Crippen molar-refractivity contribution in [2.45, 2.75) is 32.2 Å². The maximum atomic E-state index is 11.2. The molecule has 0 bridgehead atoms. The second-order valence-electron chi connectivity index (χ2n) is 4.51. The highest BCUT2D eigenvalue weighted by atomic mass is 16.6. The van der Waals surface area contributed by atoms with Crippen molar-refractivity contribution >= 4 is 17.5 Å². The number of rotatable bonds is 4. The minimum Gasteiger partial charge on any atom is -0.357 e. The van der Waals surface area contributed by atoms with E-state index in [2.05, 4.69) is 15.3 Å². The first-order chi connectivity index (χ1) is 8.54. The van der Waals surface area contributed by atoms with E-state index in [-0.39, 0.29) is 5.69 Å². The molecule has 1 aliphatic carbocycles. The fraction of sp³-hybridized carbons (Fsp3) is 0.636. The third-order valence-corrected chi connectivity index (χ3v) is 3.40. The lowest BCUT2D eigenvalue weighted by Gasteiger charge is -2.35. The van der Waals surface area contributed by atoms with E-state index in [1.54, 1.807) is 14.0 Å². The Balaban J connectivity index is 2.47. The average molecular weight is 251 g/mol. The van der Waals surface area contributed by atoms with Gasteiger partial charge in [0.1, 0.15) is 5.69 Å². The van der Waals surface area contributed by atoms with Crippen LogP contribution in [0.2, 0.25) is 0 Å². The Kier molecular flexibility index (Phi) is 3.31. The maximum Gasteiger partial charge on any atom is 0.332 e. The lowest BCUT2D eigenvalue weighted by Crippen LogP contribution is -2.38. The number of nitrogens with one attached hydrogen (secondary N) is 1. The predicted molar refractivity (Wildman–Crippen MR) is 69.0 cm³/mol. The van der Waals surface area contributed by atoms with Gasteiger partial charge >= 0.3 is 5.69 Å². The fourth-order valence-electron chi connectivity index (χ4n) is 2.07. The molecule has 0 unspecified atom stereocenters. The summed E-state index contributed by atoms with van der Waals surface area (Å²) in [4.78, 5) is 21.0. The fourth-order valence-corrected chi connectivity index (χ4v) is 2.07. The molecule has 98 valence electrons. The van der Waals surface area contributed by atoms with Gasteiger partial charge in [0.25, 0.3) is 0 Å². The summed E-state index contributed by atoms with van der Waals surface area (Å²) < 4.78 is 0. The first-order valence-electron chi connectivity index (χ1n) is 5.98. The molecule has 1 saturated carbocycles. The Labute approximate surface area is 105 Å². The second-order valence-corrected chi connectivity index (χ2v) is 4.51. The van der Waals surface area contributed by atoms with E-state index >= 15 is 0 Å². The van der Waals surface area contributed by atoms with Crippen molar-refractivity contribution in [1.82, 2.24) is 9.97 Å². The summed E-state index contributed by atoms with van der Waals surface area (Å²) in [6.45, 7) is 1.64. The van der Waals surface area contributed by atoms with Gasteiger partial charge in [0.2, 0.25) is 11.8 Å². The van der Waals surface area contributed by atoms with Crippen LogP contribution in [0.3, 0.4) is 0 Å². The van der Waals surface area contributed by atoms with E-state index in [9.17, 15) is 10.1 Å². The molecular formula is C11H17N5O2. The molecule has 0 saturated heterocycles. The molecule has 1 aliphatic rings. The molecule has 0 atom stereocenters. The van der Waals surface area contributed by atoms with E-state index in [1.165, 1.54) is 6.42 Å². The van der Waals surface area contributed by atoms with Crippen LogP contribution in [0.25, 0.3) is 0 Å². The number of anilines is 2. The van der Waals surface area contributed by atoms with Crippen molar-refractivity contribution in [2.24, 2.45) is 0 Å². The highest BCUT2D eigenvalue weighted by Crippen LogP contribution is 2.34. The summed E-state index contributed by atoms with van der Waals surface area (Å²) in [5, 5.41) is 14.0. The lowest BCUT2D eigenvalue weighted by atomic mass is 9.92. The molecule has 0 radical (unpaired) electrons. The van der Waals surface area contributed by atoms with Crippen molar-refractivity contribution < 1.29 is 4.92 Å². The van der Waals surface area contributed by atoms with E-state index in [4.69, 9.17) is 0 Å². The highest BCUT2D eigenvalue weighted by Gasteiger charge is 2.30. The van der Waals surface area contributed by atoms with Gasteiger partial charge < -0.3 is 10.2 Å². The summed E-state index contributed by atoms with van der Waals surface area (Å²) in [6, 6.07) is 0.350. The van der Waals surface area contributed by atoms with Crippen molar-refractivity contribution in [3.63, 3.8) is 0 Å². The third-order valence-electron chi connectivity index (χ3n) is 3.40. The summed E-state index contributed by atoms with van der Waals surface area (Å²) in [5.41, 5.74) is 0.393. The molecule has 18 heavy (non-hydrogen) atoms. The molecule has 1 N–H and O–H groups in total. The SMILES string of the molecule is CNc1nc(C)c([N+](=O)[O-])c(N(C)C2CCC2)n1. The largest absolute Gasteiger partial charge is 0.357 e.